The molecule has 81 heavy (non-hydrogen) atoms. The molecule has 15 N–H and O–H groups in total. The number of phenols is 1. The van der Waals surface area contributed by atoms with Gasteiger partial charge in [-0.05, 0) is 87.7 Å². The molecule has 3 fully saturated rings. The molecule has 2 aromatic carbocycles. The first kappa shape index (κ1) is 66.4. The Kier molecular flexibility index (Phi) is 26.1. The van der Waals surface area contributed by atoms with Crippen LogP contribution < -0.4 is 32.3 Å². The average Bonchev–Trinajstić information content (AvgIpc) is 4.02. The Morgan fingerprint density at radius 2 is 1.33 bits per heavy atom. The molecule has 452 valence electrons. The fourth-order valence-electron chi connectivity index (χ4n) is 10.7. The van der Waals surface area contributed by atoms with Crippen molar-refractivity contribution in [3.8, 4) is 5.75 Å². The summed E-state index contributed by atoms with van der Waals surface area (Å²) < 4.78 is 0. The van der Waals surface area contributed by atoms with Crippen LogP contribution in [0.4, 0.5) is 0 Å². The van der Waals surface area contributed by atoms with Crippen LogP contribution in [0.5, 0.6) is 5.75 Å². The summed E-state index contributed by atoms with van der Waals surface area (Å²) in [5.41, 5.74) is 6.62. The van der Waals surface area contributed by atoms with Crippen LogP contribution >= 0.6 is 11.8 Å². The van der Waals surface area contributed by atoms with Gasteiger partial charge in [-0.15, -0.1) is 0 Å². The van der Waals surface area contributed by atoms with Gasteiger partial charge in [-0.2, -0.15) is 0 Å². The van der Waals surface area contributed by atoms with Gasteiger partial charge in [-0.3, -0.25) is 33.6 Å². The molecule has 0 saturated carbocycles. The number of unbranched alkanes of at least 4 members (excludes halogenated alkanes) is 5. The van der Waals surface area contributed by atoms with E-state index in [4.69, 9.17) is 5.73 Å². The van der Waals surface area contributed by atoms with E-state index in [0.717, 1.165) is 65.7 Å². The first-order valence-electron chi connectivity index (χ1n) is 28.5. The molecule has 0 aliphatic carbocycles. The number of hydrogen-bond acceptors (Lipinski definition) is 17. The van der Waals surface area contributed by atoms with Gasteiger partial charge in [0.1, 0.15) is 59.6 Å². The number of nitrogens with one attached hydrogen (secondary N) is 5. The molecule has 24 heteroatoms. The molecule has 0 bridgehead atoms. The Morgan fingerprint density at radius 1 is 0.716 bits per heavy atom. The number of nitrogens with two attached hydrogens (primary N) is 1. The normalized spacial score (nSPS) is 27.8. The van der Waals surface area contributed by atoms with E-state index in [0.29, 0.717) is 29.6 Å². The number of fused-ring (bicyclic) bond motifs is 2. The van der Waals surface area contributed by atoms with Crippen LogP contribution in [0.3, 0.4) is 0 Å². The van der Waals surface area contributed by atoms with Gasteiger partial charge in [0, 0.05) is 37.2 Å². The van der Waals surface area contributed by atoms with Crippen LogP contribution in [0, 0.1) is 18.8 Å². The highest BCUT2D eigenvalue weighted by Crippen LogP contribution is 2.30. The van der Waals surface area contributed by atoms with E-state index in [-0.39, 0.29) is 43.7 Å². The predicted octanol–water partition coefficient (Wildman–Crippen LogP) is 0.241. The number of aryl methyl sites for hydroxylation is 1. The number of phenolic OH excluding ortho intramolecular Hbond substituents is 1. The predicted molar refractivity (Wildman–Crippen MR) is 300 cm³/mol. The van der Waals surface area contributed by atoms with Crippen LogP contribution in [-0.4, -0.2) is 190 Å². The van der Waals surface area contributed by atoms with E-state index >= 15 is 0 Å². The van der Waals surface area contributed by atoms with E-state index in [1.807, 2.05) is 6.92 Å². The third-order valence-electron chi connectivity index (χ3n) is 15.6. The van der Waals surface area contributed by atoms with Crippen LogP contribution in [0.15, 0.2) is 53.4 Å². The second kappa shape index (κ2) is 31.8. The van der Waals surface area contributed by atoms with Gasteiger partial charge in [-0.1, -0.05) is 107 Å². The van der Waals surface area contributed by atoms with Gasteiger partial charge in [0.05, 0.1) is 30.5 Å². The summed E-state index contributed by atoms with van der Waals surface area (Å²) in [6, 6.07) is 0.618. The summed E-state index contributed by atoms with van der Waals surface area (Å²) in [6.45, 7) is 8.70. The second-order valence-corrected chi connectivity index (χ2v) is 23.6. The van der Waals surface area contributed by atoms with E-state index in [9.17, 15) is 74.4 Å². The summed E-state index contributed by atoms with van der Waals surface area (Å²) in [7, 11) is 0. The summed E-state index contributed by atoms with van der Waals surface area (Å²) in [5.74, 6) is -6.32. The number of aromatic hydroxyl groups is 1. The average molecular weight is 1160 g/mol. The molecule has 2 unspecified atom stereocenters. The fourth-order valence-corrected chi connectivity index (χ4v) is 11.7. The monoisotopic (exact) mass is 1160 g/mol. The first-order valence-corrected chi connectivity index (χ1v) is 29.4. The number of benzene rings is 2. The number of nitrogens with zero attached hydrogens (tertiary/aromatic N) is 2. The summed E-state index contributed by atoms with van der Waals surface area (Å²) in [4.78, 5) is 104. The Labute approximate surface area is 478 Å². The van der Waals surface area contributed by atoms with E-state index in [1.54, 1.807) is 24.3 Å². The molecule has 16 atom stereocenters. The van der Waals surface area contributed by atoms with E-state index < -0.39 is 145 Å². The zero-order chi connectivity index (χ0) is 59.7. The molecule has 3 aliphatic heterocycles. The zero-order valence-electron chi connectivity index (χ0n) is 47.2. The number of hydrogen-bond donors (Lipinski definition) is 14. The van der Waals surface area contributed by atoms with E-state index in [2.05, 4.69) is 47.4 Å². The molecule has 3 aliphatic rings. The van der Waals surface area contributed by atoms with Crippen molar-refractivity contribution >= 4 is 53.1 Å². The van der Waals surface area contributed by atoms with Crippen molar-refractivity contribution in [1.29, 1.82) is 0 Å². The minimum Gasteiger partial charge on any atom is -0.508 e. The zero-order valence-corrected chi connectivity index (χ0v) is 48.0. The highest BCUT2D eigenvalue weighted by molar-refractivity contribution is 8.00. The van der Waals surface area contributed by atoms with Gasteiger partial charge in [0.25, 0.3) is 0 Å². The van der Waals surface area contributed by atoms with Gasteiger partial charge >= 0.3 is 0 Å². The Hall–Kier alpha value is -5.44. The largest absolute Gasteiger partial charge is 0.508 e. The molecule has 23 nitrogen and oxygen atoms in total. The topological polar surface area (TPSA) is 374 Å². The smallest absolute Gasteiger partial charge is 0.248 e. The molecule has 5 rings (SSSR count). The molecule has 0 spiro atoms. The maximum absolute atomic E-state index is 14.8. The quantitative estimate of drug-likeness (QED) is 0.0702. The van der Waals surface area contributed by atoms with Crippen molar-refractivity contribution < 1.29 is 74.4 Å². The maximum Gasteiger partial charge on any atom is 0.248 e. The second-order valence-electron chi connectivity index (χ2n) is 22.4. The molecular formula is C57H88N8O15S. The summed E-state index contributed by atoms with van der Waals surface area (Å²) in [5, 5.41) is 102. The van der Waals surface area contributed by atoms with Crippen molar-refractivity contribution in [2.24, 2.45) is 17.6 Å². The number of aliphatic hydroxyl groups is 7. The number of amides is 7. The summed E-state index contributed by atoms with van der Waals surface area (Å²) in [6.07, 6.45) is -5.33. The number of thioether (sulfide) groups is 1. The standard InChI is InChI=1S/C57H88N8O15S/c1-6-31(2)27-33(4)13-11-9-7-8-10-12-14-44(72)59-39-29-43(71)55(81-38-21-15-32(3)16-22-38)63-54(78)48-42(70)24-26-64(48)57(80)46(41(69)23-25-58)61-53(77)47(50(74)49(73)35-17-19-36(67)20-18-35)62-52(76)40-28-37(68)30-65(40)56(79)45(34(5)66)60-51(39)75/h15-22,31,33-34,37,39-43,45-50,55,66-71,73-74H,6-14,23-30,58H2,1-5H3,(H,59,72)(H,60,75)(H,61,77)(H,62,76)(H,63,78)/t31?,33?,34-,37-,39+,40+,41-,42+,43-,45+,46+,47+,48+,49+,50+,55-/m1/s1. The number of rotatable bonds is 22. The minimum atomic E-state index is -2.28. The third-order valence-corrected chi connectivity index (χ3v) is 16.8. The lowest BCUT2D eigenvalue weighted by Gasteiger charge is -2.35. The molecule has 7 amide bonds. The van der Waals surface area contributed by atoms with Gasteiger partial charge < -0.3 is 83.0 Å². The maximum atomic E-state index is 14.8. The lowest BCUT2D eigenvalue weighted by atomic mass is 9.91. The van der Waals surface area contributed by atoms with Crippen molar-refractivity contribution in [1.82, 2.24) is 36.4 Å². The minimum absolute atomic E-state index is 0.0191. The van der Waals surface area contributed by atoms with Crippen molar-refractivity contribution in [2.75, 3.05) is 19.6 Å². The molecule has 3 heterocycles. The van der Waals surface area contributed by atoms with Crippen LogP contribution in [-0.2, 0) is 33.6 Å². The van der Waals surface area contributed by atoms with Crippen molar-refractivity contribution in [3.05, 3.63) is 59.7 Å². The number of aliphatic hydroxyl groups excluding tert-OH is 7. The molecular weight excluding hydrogens is 1070 g/mol. The Balaban J connectivity index is 1.53. The third kappa shape index (κ3) is 19.0. The number of carbonyl (C=O) groups excluding carboxylic acids is 7. The van der Waals surface area contributed by atoms with E-state index in [1.165, 1.54) is 37.6 Å². The van der Waals surface area contributed by atoms with Gasteiger partial charge in [0.15, 0.2) is 0 Å². The molecule has 3 saturated heterocycles. The van der Waals surface area contributed by atoms with Crippen molar-refractivity contribution in [3.63, 3.8) is 0 Å². The molecule has 0 radical (unpaired) electrons. The van der Waals surface area contributed by atoms with Gasteiger partial charge in [0.2, 0.25) is 41.4 Å². The molecule has 0 aromatic heterocycles. The lowest BCUT2D eigenvalue weighted by Crippen LogP contribution is -2.64. The van der Waals surface area contributed by atoms with Crippen LogP contribution in [0.1, 0.15) is 135 Å². The van der Waals surface area contributed by atoms with Gasteiger partial charge in [-0.25, -0.2) is 0 Å². The highest BCUT2D eigenvalue weighted by atomic mass is 32.2. The number of carbonyl (C=O) groups is 7. The highest BCUT2D eigenvalue weighted by Gasteiger charge is 2.49. The Morgan fingerprint density at radius 3 is 1.98 bits per heavy atom. The first-order chi connectivity index (χ1) is 38.4. The lowest BCUT2D eigenvalue weighted by molar-refractivity contribution is -0.148. The fraction of sp³-hybridized carbons (Fsp3) is 0.667. The van der Waals surface area contributed by atoms with Crippen LogP contribution in [0.2, 0.25) is 0 Å². The Bertz CT molecular complexity index is 2390. The SMILES string of the molecule is CCC(C)CC(C)CCCCCCCCC(=O)N[C@H]1C[C@@H](O)[C@@H](Sc2ccc(C)cc2)NC(=O)[C@@H]2[C@@H](O)CCN2C(=O)[C@H]([C@H](O)CCN)NC(=O)[C@H]([C@H](O)[C@@H](O)c2ccc(O)cc2)NC(=O)[C@@H]2C[C@@H](O)CN2C(=O)[C@H]([C@@H](C)O)NC1=O. The van der Waals surface area contributed by atoms with Crippen molar-refractivity contribution in [2.45, 2.75) is 214 Å². The summed E-state index contributed by atoms with van der Waals surface area (Å²) >= 11 is 0.945. The van der Waals surface area contributed by atoms with Crippen LogP contribution in [0.25, 0.3) is 0 Å². The molecule has 2 aromatic rings.